The molecule has 0 aromatic heterocycles. The second kappa shape index (κ2) is 5.59. The zero-order chi connectivity index (χ0) is 13.2. The Morgan fingerprint density at radius 1 is 1.44 bits per heavy atom. The molecule has 0 amide bonds. The lowest BCUT2D eigenvalue weighted by molar-refractivity contribution is -0.148. The summed E-state index contributed by atoms with van der Waals surface area (Å²) in [5, 5.41) is 9.59. The molecule has 2 atom stereocenters. The van der Waals surface area contributed by atoms with Crippen LogP contribution in [0.25, 0.3) is 0 Å². The Morgan fingerprint density at radius 3 is 2.61 bits per heavy atom. The molecule has 98 valence electrons. The van der Waals surface area contributed by atoms with Gasteiger partial charge in [0.15, 0.2) is 0 Å². The summed E-state index contributed by atoms with van der Waals surface area (Å²) in [5.41, 5.74) is 0.627. The standard InChI is InChI=1S/C15H19IO2/c1-2-11-7-8-15(9-11,14(17)18)10-12-3-5-13(16)6-4-12/h3-6,11H,2,7-10H2,1H3,(H,17,18). The molecule has 1 fully saturated rings. The average molecular weight is 358 g/mol. The van der Waals surface area contributed by atoms with E-state index in [1.165, 1.54) is 3.57 Å². The van der Waals surface area contributed by atoms with Crippen LogP contribution in [0.2, 0.25) is 0 Å². The maximum absolute atomic E-state index is 11.7. The van der Waals surface area contributed by atoms with Crippen molar-refractivity contribution < 1.29 is 9.90 Å². The minimum atomic E-state index is -0.614. The van der Waals surface area contributed by atoms with Gasteiger partial charge in [-0.3, -0.25) is 4.79 Å². The van der Waals surface area contributed by atoms with Gasteiger partial charge in [0.2, 0.25) is 0 Å². The van der Waals surface area contributed by atoms with Gasteiger partial charge in [-0.05, 0) is 71.9 Å². The Bertz CT molecular complexity index is 427. The van der Waals surface area contributed by atoms with Gasteiger partial charge in [0, 0.05) is 3.57 Å². The lowest BCUT2D eigenvalue weighted by Crippen LogP contribution is -2.30. The van der Waals surface area contributed by atoms with Crippen LogP contribution in [-0.2, 0) is 11.2 Å². The molecule has 1 aliphatic rings. The third-order valence-electron chi connectivity index (χ3n) is 4.20. The fourth-order valence-corrected chi connectivity index (χ4v) is 3.37. The molecular formula is C15H19IO2. The molecule has 1 aromatic rings. The Morgan fingerprint density at radius 2 is 2.11 bits per heavy atom. The molecule has 0 heterocycles. The number of aliphatic carboxylic acids is 1. The van der Waals surface area contributed by atoms with Crippen LogP contribution in [0.3, 0.4) is 0 Å². The van der Waals surface area contributed by atoms with Gasteiger partial charge in [-0.25, -0.2) is 0 Å². The molecule has 1 saturated carbocycles. The third kappa shape index (κ3) is 2.87. The molecular weight excluding hydrogens is 339 g/mol. The zero-order valence-electron chi connectivity index (χ0n) is 10.7. The van der Waals surface area contributed by atoms with Crippen LogP contribution in [-0.4, -0.2) is 11.1 Å². The Kier molecular flexibility index (Phi) is 4.30. The van der Waals surface area contributed by atoms with Crippen LogP contribution >= 0.6 is 22.6 Å². The predicted molar refractivity (Wildman–Crippen MR) is 80.6 cm³/mol. The molecule has 0 radical (unpaired) electrons. The van der Waals surface area contributed by atoms with E-state index in [2.05, 4.69) is 53.8 Å². The quantitative estimate of drug-likeness (QED) is 0.823. The minimum absolute atomic E-state index is 0.520. The van der Waals surface area contributed by atoms with E-state index in [0.29, 0.717) is 12.3 Å². The summed E-state index contributed by atoms with van der Waals surface area (Å²) in [6.45, 7) is 2.16. The first-order chi connectivity index (χ1) is 8.55. The summed E-state index contributed by atoms with van der Waals surface area (Å²) >= 11 is 2.27. The van der Waals surface area contributed by atoms with Crippen molar-refractivity contribution in [3.05, 3.63) is 33.4 Å². The molecule has 0 bridgehead atoms. The van der Waals surface area contributed by atoms with E-state index in [-0.39, 0.29) is 0 Å². The summed E-state index contributed by atoms with van der Waals surface area (Å²) in [5.74, 6) is -0.0260. The van der Waals surface area contributed by atoms with E-state index in [1.54, 1.807) is 0 Å². The number of carboxylic acid groups (broad SMARTS) is 1. The van der Waals surface area contributed by atoms with Crippen LogP contribution in [0.1, 0.15) is 38.2 Å². The monoisotopic (exact) mass is 358 g/mol. The Balaban J connectivity index is 2.17. The topological polar surface area (TPSA) is 37.3 Å². The Labute approximate surface area is 122 Å². The zero-order valence-corrected chi connectivity index (χ0v) is 12.8. The molecule has 0 spiro atoms. The van der Waals surface area contributed by atoms with Crippen LogP contribution in [0.4, 0.5) is 0 Å². The SMILES string of the molecule is CCC1CCC(Cc2ccc(I)cc2)(C(=O)O)C1. The highest BCUT2D eigenvalue weighted by Crippen LogP contribution is 2.45. The number of benzene rings is 1. The van der Waals surface area contributed by atoms with Crippen molar-refractivity contribution in [1.29, 1.82) is 0 Å². The Hall–Kier alpha value is -0.580. The predicted octanol–water partition coefficient (Wildman–Crippen LogP) is 4.11. The van der Waals surface area contributed by atoms with Crippen molar-refractivity contribution >= 4 is 28.6 Å². The van der Waals surface area contributed by atoms with Gasteiger partial charge in [-0.2, -0.15) is 0 Å². The normalized spacial score (nSPS) is 27.3. The van der Waals surface area contributed by atoms with E-state index in [1.807, 2.05) is 0 Å². The summed E-state index contributed by atoms with van der Waals surface area (Å²) in [6, 6.07) is 8.23. The van der Waals surface area contributed by atoms with Crippen molar-refractivity contribution in [3.63, 3.8) is 0 Å². The van der Waals surface area contributed by atoms with Crippen molar-refractivity contribution in [2.24, 2.45) is 11.3 Å². The van der Waals surface area contributed by atoms with Gasteiger partial charge in [-0.15, -0.1) is 0 Å². The first-order valence-electron chi connectivity index (χ1n) is 6.53. The fourth-order valence-electron chi connectivity index (χ4n) is 3.01. The molecule has 2 rings (SSSR count). The van der Waals surface area contributed by atoms with Crippen LogP contribution in [0.15, 0.2) is 24.3 Å². The van der Waals surface area contributed by atoms with Gasteiger partial charge in [-0.1, -0.05) is 25.5 Å². The van der Waals surface area contributed by atoms with E-state index in [0.717, 1.165) is 31.2 Å². The van der Waals surface area contributed by atoms with Gasteiger partial charge < -0.3 is 5.11 Å². The lowest BCUT2D eigenvalue weighted by Gasteiger charge is -2.24. The van der Waals surface area contributed by atoms with Crippen molar-refractivity contribution in [2.45, 2.75) is 39.0 Å². The maximum Gasteiger partial charge on any atom is 0.309 e. The number of carboxylic acids is 1. The van der Waals surface area contributed by atoms with E-state index >= 15 is 0 Å². The first-order valence-corrected chi connectivity index (χ1v) is 7.61. The highest BCUT2D eigenvalue weighted by Gasteiger charge is 2.44. The molecule has 2 unspecified atom stereocenters. The largest absolute Gasteiger partial charge is 0.481 e. The molecule has 1 N–H and O–H groups in total. The van der Waals surface area contributed by atoms with E-state index in [4.69, 9.17) is 0 Å². The third-order valence-corrected chi connectivity index (χ3v) is 4.92. The van der Waals surface area contributed by atoms with Gasteiger partial charge in [0.05, 0.1) is 5.41 Å². The van der Waals surface area contributed by atoms with Crippen molar-refractivity contribution in [3.8, 4) is 0 Å². The molecule has 0 saturated heterocycles. The average Bonchev–Trinajstić information content (AvgIpc) is 2.77. The van der Waals surface area contributed by atoms with Crippen LogP contribution in [0, 0.1) is 14.9 Å². The fraction of sp³-hybridized carbons (Fsp3) is 0.533. The molecule has 0 aliphatic heterocycles. The van der Waals surface area contributed by atoms with Crippen LogP contribution < -0.4 is 0 Å². The second-order valence-corrected chi connectivity index (χ2v) is 6.65. The molecule has 18 heavy (non-hydrogen) atoms. The number of hydrogen-bond donors (Lipinski definition) is 1. The second-order valence-electron chi connectivity index (χ2n) is 5.41. The van der Waals surface area contributed by atoms with Gasteiger partial charge in [0.25, 0.3) is 0 Å². The van der Waals surface area contributed by atoms with Crippen molar-refractivity contribution in [2.75, 3.05) is 0 Å². The number of rotatable bonds is 4. The molecule has 1 aromatic carbocycles. The number of hydrogen-bond acceptors (Lipinski definition) is 1. The van der Waals surface area contributed by atoms with Crippen molar-refractivity contribution in [1.82, 2.24) is 0 Å². The maximum atomic E-state index is 11.7. The summed E-state index contributed by atoms with van der Waals surface area (Å²) in [4.78, 5) is 11.7. The van der Waals surface area contributed by atoms with Gasteiger partial charge in [0.1, 0.15) is 0 Å². The van der Waals surface area contributed by atoms with Gasteiger partial charge >= 0.3 is 5.97 Å². The molecule has 2 nitrogen and oxygen atoms in total. The highest BCUT2D eigenvalue weighted by atomic mass is 127. The summed E-state index contributed by atoms with van der Waals surface area (Å²) in [6.07, 6.45) is 4.50. The highest BCUT2D eigenvalue weighted by molar-refractivity contribution is 14.1. The van der Waals surface area contributed by atoms with Crippen LogP contribution in [0.5, 0.6) is 0 Å². The minimum Gasteiger partial charge on any atom is -0.481 e. The van der Waals surface area contributed by atoms with E-state index < -0.39 is 11.4 Å². The smallest absolute Gasteiger partial charge is 0.309 e. The first kappa shape index (κ1) is 13.8. The molecule has 3 heteroatoms. The number of halogens is 1. The summed E-state index contributed by atoms with van der Waals surface area (Å²) < 4.78 is 1.19. The lowest BCUT2D eigenvalue weighted by atomic mass is 9.79. The number of carbonyl (C=O) groups is 1. The molecule has 1 aliphatic carbocycles. The summed E-state index contributed by atoms with van der Waals surface area (Å²) in [7, 11) is 0. The van der Waals surface area contributed by atoms with E-state index in [9.17, 15) is 9.90 Å².